The maximum absolute atomic E-state index is 12.1. The average Bonchev–Trinajstić information content (AvgIpc) is 2.35. The van der Waals surface area contributed by atoms with E-state index in [1.807, 2.05) is 0 Å². The number of piperidine rings is 1. The highest BCUT2D eigenvalue weighted by atomic mass is 16.2. The highest BCUT2D eigenvalue weighted by molar-refractivity contribution is 5.82. The van der Waals surface area contributed by atoms with Gasteiger partial charge in [-0.2, -0.15) is 0 Å². The molecule has 1 fully saturated rings. The zero-order valence-electron chi connectivity index (χ0n) is 10.1. The maximum atomic E-state index is 12.1. The summed E-state index contributed by atoms with van der Waals surface area (Å²) in [7, 11) is 0. The fraction of sp³-hybridized carbons (Fsp3) is 0.769. The largest absolute Gasteiger partial charge is 0.356 e. The van der Waals surface area contributed by atoms with Gasteiger partial charge >= 0.3 is 0 Å². The number of rotatable bonds is 5. The summed E-state index contributed by atoms with van der Waals surface area (Å²) in [5.41, 5.74) is -0.138. The van der Waals surface area contributed by atoms with Gasteiger partial charge in [0.15, 0.2) is 0 Å². The molecule has 3 nitrogen and oxygen atoms in total. The van der Waals surface area contributed by atoms with Crippen molar-refractivity contribution in [2.45, 2.75) is 39.0 Å². The van der Waals surface area contributed by atoms with Gasteiger partial charge in [0.25, 0.3) is 0 Å². The molecular weight excluding hydrogens is 200 g/mol. The number of carbonyl (C=O) groups is 1. The van der Waals surface area contributed by atoms with Crippen LogP contribution in [0.15, 0.2) is 0 Å². The van der Waals surface area contributed by atoms with Crippen molar-refractivity contribution in [3.63, 3.8) is 0 Å². The van der Waals surface area contributed by atoms with E-state index in [1.165, 1.54) is 0 Å². The molecule has 1 saturated heterocycles. The SMILES string of the molecule is C#CCCCNC(=O)C1(CC)CCNCC1. The molecule has 1 aliphatic rings. The molecule has 1 rings (SSSR count). The summed E-state index contributed by atoms with van der Waals surface area (Å²) in [6.45, 7) is 4.71. The predicted octanol–water partition coefficient (Wildman–Crippen LogP) is 1.30. The van der Waals surface area contributed by atoms with Crippen molar-refractivity contribution in [2.75, 3.05) is 19.6 Å². The Bertz CT molecular complexity index is 262. The quantitative estimate of drug-likeness (QED) is 0.544. The molecule has 1 amide bonds. The van der Waals surface area contributed by atoms with Gasteiger partial charge in [-0.15, -0.1) is 12.3 Å². The third-order valence-electron chi connectivity index (χ3n) is 3.50. The monoisotopic (exact) mass is 222 g/mol. The number of hydrogen-bond donors (Lipinski definition) is 2. The highest BCUT2D eigenvalue weighted by Crippen LogP contribution is 2.32. The van der Waals surface area contributed by atoms with Crippen molar-refractivity contribution in [3.8, 4) is 12.3 Å². The van der Waals surface area contributed by atoms with E-state index < -0.39 is 0 Å². The lowest BCUT2D eigenvalue weighted by atomic mass is 9.76. The van der Waals surface area contributed by atoms with Crippen LogP contribution in [0.4, 0.5) is 0 Å². The molecule has 1 aliphatic heterocycles. The van der Waals surface area contributed by atoms with Gasteiger partial charge in [0.2, 0.25) is 5.91 Å². The van der Waals surface area contributed by atoms with Gasteiger partial charge in [0, 0.05) is 13.0 Å². The Morgan fingerprint density at radius 3 is 2.75 bits per heavy atom. The molecule has 16 heavy (non-hydrogen) atoms. The molecule has 0 aromatic heterocycles. The minimum Gasteiger partial charge on any atom is -0.356 e. The van der Waals surface area contributed by atoms with Gasteiger partial charge in [-0.05, 0) is 38.8 Å². The fourth-order valence-corrected chi connectivity index (χ4v) is 2.23. The van der Waals surface area contributed by atoms with E-state index in [0.717, 1.165) is 45.2 Å². The average molecular weight is 222 g/mol. The third kappa shape index (κ3) is 3.24. The predicted molar refractivity (Wildman–Crippen MR) is 65.9 cm³/mol. The Balaban J connectivity index is 2.40. The fourth-order valence-electron chi connectivity index (χ4n) is 2.23. The second-order valence-electron chi connectivity index (χ2n) is 4.45. The Kier molecular flexibility index (Phi) is 5.34. The molecule has 0 aromatic carbocycles. The van der Waals surface area contributed by atoms with Gasteiger partial charge in [0.05, 0.1) is 5.41 Å². The Morgan fingerprint density at radius 2 is 2.19 bits per heavy atom. The van der Waals surface area contributed by atoms with Gasteiger partial charge in [-0.25, -0.2) is 0 Å². The summed E-state index contributed by atoms with van der Waals surface area (Å²) >= 11 is 0. The number of unbranched alkanes of at least 4 members (excludes halogenated alkanes) is 1. The second kappa shape index (κ2) is 6.55. The maximum Gasteiger partial charge on any atom is 0.226 e. The lowest BCUT2D eigenvalue weighted by molar-refractivity contribution is -0.132. The summed E-state index contributed by atoms with van der Waals surface area (Å²) in [4.78, 5) is 12.1. The van der Waals surface area contributed by atoms with E-state index in [-0.39, 0.29) is 11.3 Å². The molecule has 2 N–H and O–H groups in total. The van der Waals surface area contributed by atoms with Crippen LogP contribution in [0.1, 0.15) is 39.0 Å². The number of nitrogens with one attached hydrogen (secondary N) is 2. The van der Waals surface area contributed by atoms with Gasteiger partial charge in [-0.1, -0.05) is 6.92 Å². The van der Waals surface area contributed by atoms with Crippen LogP contribution in [0, 0.1) is 17.8 Å². The molecule has 0 aromatic rings. The van der Waals surface area contributed by atoms with E-state index in [2.05, 4.69) is 23.5 Å². The Morgan fingerprint density at radius 1 is 1.50 bits per heavy atom. The van der Waals surface area contributed by atoms with Crippen molar-refractivity contribution >= 4 is 5.91 Å². The van der Waals surface area contributed by atoms with Crippen LogP contribution < -0.4 is 10.6 Å². The zero-order valence-corrected chi connectivity index (χ0v) is 10.1. The first-order chi connectivity index (χ1) is 7.75. The van der Waals surface area contributed by atoms with Crippen molar-refractivity contribution in [1.82, 2.24) is 10.6 Å². The van der Waals surface area contributed by atoms with Crippen LogP contribution >= 0.6 is 0 Å². The summed E-state index contributed by atoms with van der Waals surface area (Å²) < 4.78 is 0. The minimum absolute atomic E-state index is 0.138. The normalized spacial score (nSPS) is 18.8. The lowest BCUT2D eigenvalue weighted by Gasteiger charge is -2.35. The van der Waals surface area contributed by atoms with Crippen LogP contribution in [0.2, 0.25) is 0 Å². The Labute approximate surface area is 98.4 Å². The van der Waals surface area contributed by atoms with Crippen LogP contribution in [0.3, 0.4) is 0 Å². The number of terminal acetylenes is 1. The van der Waals surface area contributed by atoms with Crippen molar-refractivity contribution in [3.05, 3.63) is 0 Å². The molecule has 0 aliphatic carbocycles. The van der Waals surface area contributed by atoms with Crippen molar-refractivity contribution in [1.29, 1.82) is 0 Å². The number of hydrogen-bond acceptors (Lipinski definition) is 2. The summed E-state index contributed by atoms with van der Waals surface area (Å²) in [5, 5.41) is 6.32. The first-order valence-electron chi connectivity index (χ1n) is 6.17. The molecule has 1 heterocycles. The second-order valence-corrected chi connectivity index (χ2v) is 4.45. The molecule has 0 saturated carbocycles. The van der Waals surface area contributed by atoms with E-state index in [9.17, 15) is 4.79 Å². The summed E-state index contributed by atoms with van der Waals surface area (Å²) in [5.74, 6) is 2.80. The molecule has 0 atom stereocenters. The standard InChI is InChI=1S/C13H22N2O/c1-3-5-6-9-15-12(16)13(4-2)7-10-14-11-8-13/h1,14H,4-11H2,2H3,(H,15,16). The van der Waals surface area contributed by atoms with Crippen LogP contribution in [-0.4, -0.2) is 25.5 Å². The van der Waals surface area contributed by atoms with E-state index in [4.69, 9.17) is 6.42 Å². The third-order valence-corrected chi connectivity index (χ3v) is 3.50. The molecule has 0 spiro atoms. The topological polar surface area (TPSA) is 41.1 Å². The van der Waals surface area contributed by atoms with Crippen LogP contribution in [-0.2, 0) is 4.79 Å². The molecule has 90 valence electrons. The smallest absolute Gasteiger partial charge is 0.226 e. The first kappa shape index (κ1) is 13.1. The van der Waals surface area contributed by atoms with E-state index in [0.29, 0.717) is 6.54 Å². The lowest BCUT2D eigenvalue weighted by Crippen LogP contribution is -2.47. The number of carbonyl (C=O) groups excluding carboxylic acids is 1. The minimum atomic E-state index is -0.138. The molecular formula is C13H22N2O. The van der Waals surface area contributed by atoms with Crippen LogP contribution in [0.25, 0.3) is 0 Å². The Hall–Kier alpha value is -1.01. The van der Waals surface area contributed by atoms with Gasteiger partial charge in [-0.3, -0.25) is 4.79 Å². The van der Waals surface area contributed by atoms with Crippen molar-refractivity contribution in [2.24, 2.45) is 5.41 Å². The van der Waals surface area contributed by atoms with Gasteiger partial charge < -0.3 is 10.6 Å². The first-order valence-corrected chi connectivity index (χ1v) is 6.17. The van der Waals surface area contributed by atoms with Crippen LogP contribution in [0.5, 0.6) is 0 Å². The molecule has 0 unspecified atom stereocenters. The summed E-state index contributed by atoms with van der Waals surface area (Å²) in [6.07, 6.45) is 9.61. The zero-order chi connectivity index (χ0) is 11.9. The number of amides is 1. The molecule has 0 radical (unpaired) electrons. The van der Waals surface area contributed by atoms with E-state index >= 15 is 0 Å². The van der Waals surface area contributed by atoms with Crippen molar-refractivity contribution < 1.29 is 4.79 Å². The van der Waals surface area contributed by atoms with Gasteiger partial charge in [0.1, 0.15) is 0 Å². The van der Waals surface area contributed by atoms with E-state index in [1.54, 1.807) is 0 Å². The summed E-state index contributed by atoms with van der Waals surface area (Å²) in [6, 6.07) is 0. The molecule has 3 heteroatoms. The highest BCUT2D eigenvalue weighted by Gasteiger charge is 2.37. The molecule has 0 bridgehead atoms.